The Morgan fingerprint density at radius 3 is 2.36 bits per heavy atom. The van der Waals surface area contributed by atoms with Crippen LogP contribution in [-0.4, -0.2) is 25.9 Å². The second-order valence-corrected chi connectivity index (χ2v) is 2.74. The SMILES string of the molecule is [CH2]COCCCCOC(C)C. The van der Waals surface area contributed by atoms with Gasteiger partial charge in [0, 0.05) is 19.8 Å². The number of hydrogen-bond donors (Lipinski definition) is 0. The summed E-state index contributed by atoms with van der Waals surface area (Å²) in [6, 6.07) is 0. The molecule has 0 atom stereocenters. The summed E-state index contributed by atoms with van der Waals surface area (Å²) in [5.74, 6) is 0. The maximum atomic E-state index is 5.35. The van der Waals surface area contributed by atoms with Crippen molar-refractivity contribution < 1.29 is 9.47 Å². The van der Waals surface area contributed by atoms with Crippen molar-refractivity contribution in [2.24, 2.45) is 0 Å². The topological polar surface area (TPSA) is 18.5 Å². The van der Waals surface area contributed by atoms with Crippen molar-refractivity contribution in [1.29, 1.82) is 0 Å². The summed E-state index contributed by atoms with van der Waals surface area (Å²) in [5, 5.41) is 0. The smallest absolute Gasteiger partial charge is 0.0518 e. The zero-order valence-electron chi connectivity index (χ0n) is 7.64. The lowest BCUT2D eigenvalue weighted by molar-refractivity contribution is 0.0689. The third kappa shape index (κ3) is 9.92. The average molecular weight is 159 g/mol. The van der Waals surface area contributed by atoms with Gasteiger partial charge in [-0.15, -0.1) is 0 Å². The molecule has 0 rings (SSSR count). The van der Waals surface area contributed by atoms with E-state index in [0.717, 1.165) is 26.1 Å². The summed E-state index contributed by atoms with van der Waals surface area (Å²) in [6.45, 7) is 9.90. The van der Waals surface area contributed by atoms with Gasteiger partial charge in [0.05, 0.1) is 6.10 Å². The van der Waals surface area contributed by atoms with E-state index in [1.54, 1.807) is 0 Å². The van der Waals surface area contributed by atoms with E-state index < -0.39 is 0 Å². The summed E-state index contributed by atoms with van der Waals surface area (Å²) in [4.78, 5) is 0. The molecule has 0 fully saturated rings. The van der Waals surface area contributed by atoms with Crippen molar-refractivity contribution >= 4 is 0 Å². The van der Waals surface area contributed by atoms with E-state index in [2.05, 4.69) is 6.92 Å². The van der Waals surface area contributed by atoms with Crippen molar-refractivity contribution in [1.82, 2.24) is 0 Å². The molecule has 0 aliphatic rings. The Bertz CT molecular complexity index is 72.0. The molecule has 2 nitrogen and oxygen atoms in total. The van der Waals surface area contributed by atoms with Crippen LogP contribution in [0.5, 0.6) is 0 Å². The Balaban J connectivity index is 2.80. The van der Waals surface area contributed by atoms with Crippen molar-refractivity contribution in [2.45, 2.75) is 32.8 Å². The molecule has 0 saturated carbocycles. The molecule has 0 aliphatic carbocycles. The zero-order valence-corrected chi connectivity index (χ0v) is 7.64. The van der Waals surface area contributed by atoms with Crippen LogP contribution in [0.25, 0.3) is 0 Å². The van der Waals surface area contributed by atoms with Crippen molar-refractivity contribution in [3.63, 3.8) is 0 Å². The van der Waals surface area contributed by atoms with Crippen LogP contribution in [0, 0.1) is 6.92 Å². The lowest BCUT2D eigenvalue weighted by Crippen LogP contribution is -2.04. The fraction of sp³-hybridized carbons (Fsp3) is 0.889. The molecule has 0 amide bonds. The van der Waals surface area contributed by atoms with Gasteiger partial charge in [-0.1, -0.05) is 0 Å². The van der Waals surface area contributed by atoms with Crippen LogP contribution in [0.15, 0.2) is 0 Å². The summed E-state index contributed by atoms with van der Waals surface area (Å²) < 4.78 is 10.4. The largest absolute Gasteiger partial charge is 0.381 e. The molecule has 0 aromatic carbocycles. The maximum absolute atomic E-state index is 5.35. The number of hydrogen-bond acceptors (Lipinski definition) is 2. The van der Waals surface area contributed by atoms with Gasteiger partial charge in [0.15, 0.2) is 0 Å². The Morgan fingerprint density at radius 1 is 1.18 bits per heavy atom. The Labute approximate surface area is 69.9 Å². The van der Waals surface area contributed by atoms with Gasteiger partial charge in [-0.05, 0) is 33.6 Å². The maximum Gasteiger partial charge on any atom is 0.0518 e. The molecule has 67 valence electrons. The normalized spacial score (nSPS) is 10.9. The van der Waals surface area contributed by atoms with Crippen LogP contribution in [0.2, 0.25) is 0 Å². The quantitative estimate of drug-likeness (QED) is 0.529. The minimum absolute atomic E-state index is 0.351. The van der Waals surface area contributed by atoms with Crippen LogP contribution in [0.1, 0.15) is 26.7 Å². The molecule has 0 saturated heterocycles. The molecule has 11 heavy (non-hydrogen) atoms. The second-order valence-electron chi connectivity index (χ2n) is 2.74. The van der Waals surface area contributed by atoms with E-state index in [0.29, 0.717) is 12.7 Å². The van der Waals surface area contributed by atoms with Crippen molar-refractivity contribution in [3.05, 3.63) is 6.92 Å². The standard InChI is InChI=1S/C9H19O2/c1-4-10-7-5-6-8-11-9(2)3/h9H,1,4-8H2,2-3H3. The van der Waals surface area contributed by atoms with E-state index in [-0.39, 0.29) is 0 Å². The number of rotatable bonds is 7. The van der Waals surface area contributed by atoms with Crippen LogP contribution in [0.4, 0.5) is 0 Å². The van der Waals surface area contributed by atoms with Crippen LogP contribution in [-0.2, 0) is 9.47 Å². The molecule has 0 N–H and O–H groups in total. The molecule has 0 aromatic heterocycles. The van der Waals surface area contributed by atoms with Crippen LogP contribution >= 0.6 is 0 Å². The predicted molar refractivity (Wildman–Crippen MR) is 46.5 cm³/mol. The Morgan fingerprint density at radius 2 is 1.82 bits per heavy atom. The van der Waals surface area contributed by atoms with Gasteiger partial charge in [-0.3, -0.25) is 0 Å². The lowest BCUT2D eigenvalue weighted by Gasteiger charge is -2.06. The average Bonchev–Trinajstić information content (AvgIpc) is 1.96. The fourth-order valence-corrected chi connectivity index (χ4v) is 0.727. The third-order valence-electron chi connectivity index (χ3n) is 1.28. The van der Waals surface area contributed by atoms with Gasteiger partial charge >= 0.3 is 0 Å². The summed E-state index contributed by atoms with van der Waals surface area (Å²) >= 11 is 0. The highest BCUT2D eigenvalue weighted by Crippen LogP contribution is 1.94. The highest BCUT2D eigenvalue weighted by molar-refractivity contribution is 4.41. The molecular weight excluding hydrogens is 140 g/mol. The predicted octanol–water partition coefficient (Wildman–Crippen LogP) is 2.04. The molecule has 0 unspecified atom stereocenters. The first-order chi connectivity index (χ1) is 5.27. The van der Waals surface area contributed by atoms with E-state index in [9.17, 15) is 0 Å². The first kappa shape index (κ1) is 10.9. The number of ether oxygens (including phenoxy) is 2. The minimum atomic E-state index is 0.351. The van der Waals surface area contributed by atoms with E-state index >= 15 is 0 Å². The van der Waals surface area contributed by atoms with Gasteiger partial charge < -0.3 is 9.47 Å². The van der Waals surface area contributed by atoms with Gasteiger partial charge in [-0.2, -0.15) is 0 Å². The summed E-state index contributed by atoms with van der Waals surface area (Å²) in [7, 11) is 0. The van der Waals surface area contributed by atoms with Crippen LogP contribution < -0.4 is 0 Å². The molecule has 0 aliphatic heterocycles. The molecule has 0 spiro atoms. The highest BCUT2D eigenvalue weighted by atomic mass is 16.5. The van der Waals surface area contributed by atoms with Gasteiger partial charge in [0.25, 0.3) is 0 Å². The summed E-state index contributed by atoms with van der Waals surface area (Å²) in [6.07, 6.45) is 2.50. The van der Waals surface area contributed by atoms with E-state index in [1.807, 2.05) is 13.8 Å². The highest BCUT2D eigenvalue weighted by Gasteiger charge is 1.92. The third-order valence-corrected chi connectivity index (χ3v) is 1.28. The van der Waals surface area contributed by atoms with Crippen LogP contribution in [0.3, 0.4) is 0 Å². The van der Waals surface area contributed by atoms with Gasteiger partial charge in [0.2, 0.25) is 0 Å². The number of unbranched alkanes of at least 4 members (excludes halogenated alkanes) is 1. The zero-order chi connectivity index (χ0) is 8.53. The molecule has 0 bridgehead atoms. The molecule has 2 heteroatoms. The molecule has 0 heterocycles. The molecule has 0 aromatic rings. The van der Waals surface area contributed by atoms with E-state index in [4.69, 9.17) is 9.47 Å². The Hall–Kier alpha value is -0.0800. The molecule has 1 radical (unpaired) electrons. The Kier molecular flexibility index (Phi) is 7.96. The summed E-state index contributed by atoms with van der Waals surface area (Å²) in [5.41, 5.74) is 0. The lowest BCUT2D eigenvalue weighted by atomic mass is 10.3. The van der Waals surface area contributed by atoms with Gasteiger partial charge in [0.1, 0.15) is 0 Å². The van der Waals surface area contributed by atoms with Gasteiger partial charge in [-0.25, -0.2) is 0 Å². The van der Waals surface area contributed by atoms with E-state index in [1.165, 1.54) is 0 Å². The fourth-order valence-electron chi connectivity index (χ4n) is 0.727. The second kappa shape index (κ2) is 8.02. The minimum Gasteiger partial charge on any atom is -0.381 e. The van der Waals surface area contributed by atoms with Crippen molar-refractivity contribution in [2.75, 3.05) is 19.8 Å². The molecular formula is C9H19O2. The van der Waals surface area contributed by atoms with Crippen molar-refractivity contribution in [3.8, 4) is 0 Å². The monoisotopic (exact) mass is 159 g/mol. The first-order valence-corrected chi connectivity index (χ1v) is 4.26. The first-order valence-electron chi connectivity index (χ1n) is 4.26.